The zero-order chi connectivity index (χ0) is 9.19. The molecule has 66 valence electrons. The monoisotopic (exact) mass is 166 g/mol. The lowest BCUT2D eigenvalue weighted by Crippen LogP contribution is -2.23. The van der Waals surface area contributed by atoms with Gasteiger partial charge in [-0.25, -0.2) is 9.97 Å². The average molecular weight is 166 g/mol. The molecule has 1 aromatic heterocycles. The first-order chi connectivity index (χ1) is 5.47. The first-order valence-electron chi connectivity index (χ1n) is 3.97. The van der Waals surface area contributed by atoms with E-state index >= 15 is 0 Å². The molecule has 3 heteroatoms. The lowest BCUT2D eigenvalue weighted by Gasteiger charge is -2.15. The Balaban J connectivity index is 2.71. The molecule has 0 unspecified atom stereocenters. The largest absolute Gasteiger partial charge is 0.390 e. The normalized spacial score (nSPS) is 11.7. The van der Waals surface area contributed by atoms with E-state index in [9.17, 15) is 5.11 Å². The van der Waals surface area contributed by atoms with E-state index in [2.05, 4.69) is 9.97 Å². The van der Waals surface area contributed by atoms with Crippen molar-refractivity contribution in [2.45, 2.75) is 32.8 Å². The Bertz CT molecular complexity index is 248. The maximum atomic E-state index is 9.46. The Kier molecular flexibility index (Phi) is 2.43. The molecular formula is C9H14N2O. The first kappa shape index (κ1) is 9.13. The van der Waals surface area contributed by atoms with E-state index in [-0.39, 0.29) is 0 Å². The van der Waals surface area contributed by atoms with Gasteiger partial charge in [0.05, 0.1) is 5.60 Å². The van der Waals surface area contributed by atoms with Crippen molar-refractivity contribution in [2.24, 2.45) is 0 Å². The van der Waals surface area contributed by atoms with Crippen LogP contribution in [0.5, 0.6) is 0 Å². The molecule has 0 atom stereocenters. The maximum absolute atomic E-state index is 9.46. The summed E-state index contributed by atoms with van der Waals surface area (Å²) >= 11 is 0. The molecular weight excluding hydrogens is 152 g/mol. The van der Waals surface area contributed by atoms with Gasteiger partial charge in [-0.15, -0.1) is 0 Å². The number of aryl methyl sites for hydroxylation is 1. The van der Waals surface area contributed by atoms with E-state index in [4.69, 9.17) is 0 Å². The van der Waals surface area contributed by atoms with E-state index in [0.29, 0.717) is 12.2 Å². The molecule has 1 heterocycles. The molecule has 0 aromatic carbocycles. The molecule has 3 nitrogen and oxygen atoms in total. The Morgan fingerprint density at radius 2 is 1.83 bits per heavy atom. The Morgan fingerprint density at radius 1 is 1.33 bits per heavy atom. The van der Waals surface area contributed by atoms with Crippen molar-refractivity contribution >= 4 is 0 Å². The standard InChI is InChI=1S/C9H14N2O/c1-7-5-10-8(11-6-7)4-9(2,3)12/h5-6,12H,4H2,1-3H3. The molecule has 0 aliphatic heterocycles. The van der Waals surface area contributed by atoms with Crippen LogP contribution in [0.1, 0.15) is 25.2 Å². The summed E-state index contributed by atoms with van der Waals surface area (Å²) in [6.07, 6.45) is 4.01. The van der Waals surface area contributed by atoms with Crippen LogP contribution in [0, 0.1) is 6.92 Å². The molecule has 0 spiro atoms. The Morgan fingerprint density at radius 3 is 2.25 bits per heavy atom. The number of aliphatic hydroxyl groups is 1. The van der Waals surface area contributed by atoms with Gasteiger partial charge in [0, 0.05) is 18.8 Å². The summed E-state index contributed by atoms with van der Waals surface area (Å²) in [6.45, 7) is 5.43. The van der Waals surface area contributed by atoms with Gasteiger partial charge in [0.1, 0.15) is 5.82 Å². The zero-order valence-corrected chi connectivity index (χ0v) is 7.70. The van der Waals surface area contributed by atoms with Gasteiger partial charge in [-0.3, -0.25) is 0 Å². The summed E-state index contributed by atoms with van der Waals surface area (Å²) in [6, 6.07) is 0. The molecule has 0 radical (unpaired) electrons. The summed E-state index contributed by atoms with van der Waals surface area (Å²) in [5.74, 6) is 0.688. The quantitative estimate of drug-likeness (QED) is 0.715. The van der Waals surface area contributed by atoms with Crippen molar-refractivity contribution in [3.63, 3.8) is 0 Å². The van der Waals surface area contributed by atoms with Crippen LogP contribution in [-0.2, 0) is 6.42 Å². The molecule has 1 rings (SSSR count). The summed E-state index contributed by atoms with van der Waals surface area (Å²) in [7, 11) is 0. The van der Waals surface area contributed by atoms with Gasteiger partial charge in [0.15, 0.2) is 0 Å². The summed E-state index contributed by atoms with van der Waals surface area (Å²) < 4.78 is 0. The average Bonchev–Trinajstić information content (AvgIpc) is 1.91. The van der Waals surface area contributed by atoms with Crippen molar-refractivity contribution < 1.29 is 5.11 Å². The molecule has 0 fully saturated rings. The zero-order valence-electron chi connectivity index (χ0n) is 7.70. The van der Waals surface area contributed by atoms with Crippen LogP contribution in [-0.4, -0.2) is 20.7 Å². The van der Waals surface area contributed by atoms with Gasteiger partial charge in [-0.05, 0) is 26.3 Å². The second-order valence-electron chi connectivity index (χ2n) is 3.67. The van der Waals surface area contributed by atoms with Crippen LogP contribution < -0.4 is 0 Å². The summed E-state index contributed by atoms with van der Waals surface area (Å²) in [4.78, 5) is 8.19. The van der Waals surface area contributed by atoms with Crippen molar-refractivity contribution in [3.8, 4) is 0 Å². The van der Waals surface area contributed by atoms with E-state index in [1.165, 1.54) is 0 Å². The SMILES string of the molecule is Cc1cnc(CC(C)(C)O)nc1. The predicted octanol–water partition coefficient (Wildman–Crippen LogP) is 1.10. The fraction of sp³-hybridized carbons (Fsp3) is 0.556. The van der Waals surface area contributed by atoms with Gasteiger partial charge in [0.25, 0.3) is 0 Å². The van der Waals surface area contributed by atoms with Crippen LogP contribution in [0.2, 0.25) is 0 Å². The minimum atomic E-state index is -0.727. The highest BCUT2D eigenvalue weighted by Gasteiger charge is 2.14. The van der Waals surface area contributed by atoms with Gasteiger partial charge in [0.2, 0.25) is 0 Å². The molecule has 1 aromatic rings. The maximum Gasteiger partial charge on any atom is 0.131 e. The number of aromatic nitrogens is 2. The minimum Gasteiger partial charge on any atom is -0.390 e. The molecule has 0 bridgehead atoms. The second kappa shape index (κ2) is 3.19. The fourth-order valence-corrected chi connectivity index (χ4v) is 0.898. The van der Waals surface area contributed by atoms with Crippen LogP contribution in [0.15, 0.2) is 12.4 Å². The van der Waals surface area contributed by atoms with E-state index in [1.807, 2.05) is 6.92 Å². The highest BCUT2D eigenvalue weighted by atomic mass is 16.3. The lowest BCUT2D eigenvalue weighted by molar-refractivity contribution is 0.0788. The molecule has 1 N–H and O–H groups in total. The molecule has 0 saturated heterocycles. The lowest BCUT2D eigenvalue weighted by atomic mass is 10.1. The topological polar surface area (TPSA) is 46.0 Å². The van der Waals surface area contributed by atoms with Crippen LogP contribution in [0.25, 0.3) is 0 Å². The summed E-state index contributed by atoms with van der Waals surface area (Å²) in [5.41, 5.74) is 0.310. The first-order valence-corrected chi connectivity index (χ1v) is 3.97. The number of hydrogen-bond donors (Lipinski definition) is 1. The van der Waals surface area contributed by atoms with Gasteiger partial charge in [-0.1, -0.05) is 0 Å². The molecule has 0 saturated carbocycles. The smallest absolute Gasteiger partial charge is 0.131 e. The third kappa shape index (κ3) is 2.96. The van der Waals surface area contributed by atoms with Crippen molar-refractivity contribution in [1.29, 1.82) is 0 Å². The Hall–Kier alpha value is -0.960. The van der Waals surface area contributed by atoms with Crippen molar-refractivity contribution in [2.75, 3.05) is 0 Å². The van der Waals surface area contributed by atoms with Gasteiger partial charge < -0.3 is 5.11 Å². The van der Waals surface area contributed by atoms with Gasteiger partial charge >= 0.3 is 0 Å². The highest BCUT2D eigenvalue weighted by molar-refractivity contribution is 5.03. The molecule has 0 aliphatic carbocycles. The molecule has 12 heavy (non-hydrogen) atoms. The second-order valence-corrected chi connectivity index (χ2v) is 3.67. The van der Waals surface area contributed by atoms with E-state index in [1.54, 1.807) is 26.2 Å². The third-order valence-corrected chi connectivity index (χ3v) is 1.43. The number of hydrogen-bond acceptors (Lipinski definition) is 3. The van der Waals surface area contributed by atoms with E-state index < -0.39 is 5.60 Å². The molecule has 0 amide bonds. The highest BCUT2D eigenvalue weighted by Crippen LogP contribution is 2.07. The van der Waals surface area contributed by atoms with Crippen LogP contribution >= 0.6 is 0 Å². The van der Waals surface area contributed by atoms with Crippen LogP contribution in [0.3, 0.4) is 0 Å². The summed E-state index contributed by atoms with van der Waals surface area (Å²) in [5, 5.41) is 9.46. The van der Waals surface area contributed by atoms with Crippen molar-refractivity contribution in [3.05, 3.63) is 23.8 Å². The van der Waals surface area contributed by atoms with Crippen LogP contribution in [0.4, 0.5) is 0 Å². The Labute approximate surface area is 72.5 Å². The molecule has 0 aliphatic rings. The van der Waals surface area contributed by atoms with Gasteiger partial charge in [-0.2, -0.15) is 0 Å². The fourth-order valence-electron chi connectivity index (χ4n) is 0.898. The van der Waals surface area contributed by atoms with E-state index in [0.717, 1.165) is 5.56 Å². The third-order valence-electron chi connectivity index (χ3n) is 1.43. The van der Waals surface area contributed by atoms with Crippen molar-refractivity contribution in [1.82, 2.24) is 9.97 Å². The number of nitrogens with zero attached hydrogens (tertiary/aromatic N) is 2. The minimum absolute atomic E-state index is 0.493. The number of rotatable bonds is 2. The predicted molar refractivity (Wildman–Crippen MR) is 46.8 cm³/mol.